The summed E-state index contributed by atoms with van der Waals surface area (Å²) >= 11 is 1.56. The number of esters is 1. The highest BCUT2D eigenvalue weighted by molar-refractivity contribution is 7.10. The van der Waals surface area contributed by atoms with Crippen LogP contribution in [0.1, 0.15) is 28.2 Å². The van der Waals surface area contributed by atoms with Gasteiger partial charge in [0.05, 0.1) is 11.6 Å². The van der Waals surface area contributed by atoms with Gasteiger partial charge in [0, 0.05) is 4.88 Å². The summed E-state index contributed by atoms with van der Waals surface area (Å²) in [6.07, 6.45) is 0. The van der Waals surface area contributed by atoms with Crippen molar-refractivity contribution in [2.45, 2.75) is 13.0 Å². The fraction of sp³-hybridized carbons (Fsp3) is 0.250. The maximum Gasteiger partial charge on any atom is 0.338 e. The Morgan fingerprint density at radius 3 is 2.91 bits per heavy atom. The predicted molar refractivity (Wildman–Crippen MR) is 83.7 cm³/mol. The zero-order chi connectivity index (χ0) is 16.2. The van der Waals surface area contributed by atoms with Crippen LogP contribution in [0.2, 0.25) is 0 Å². The van der Waals surface area contributed by atoms with Crippen LogP contribution in [0.5, 0.6) is 11.5 Å². The Kier molecular flexibility index (Phi) is 4.47. The molecule has 23 heavy (non-hydrogen) atoms. The monoisotopic (exact) mass is 333 g/mol. The van der Waals surface area contributed by atoms with Gasteiger partial charge in [0.1, 0.15) is 0 Å². The van der Waals surface area contributed by atoms with Crippen molar-refractivity contribution >= 4 is 23.2 Å². The van der Waals surface area contributed by atoms with Crippen LogP contribution in [0.4, 0.5) is 0 Å². The molecule has 0 spiro atoms. The maximum atomic E-state index is 12.0. The Hall–Kier alpha value is -2.54. The fourth-order valence-electron chi connectivity index (χ4n) is 2.13. The summed E-state index contributed by atoms with van der Waals surface area (Å²) in [6.45, 7) is 1.68. The van der Waals surface area contributed by atoms with Gasteiger partial charge in [-0.25, -0.2) is 4.79 Å². The van der Waals surface area contributed by atoms with E-state index in [1.165, 1.54) is 6.07 Å². The van der Waals surface area contributed by atoms with E-state index in [0.717, 1.165) is 4.88 Å². The standard InChI is InChI=1S/C16H15NO5S/c1-10(14-3-2-6-23-14)17-15(18)8-20-16(19)11-4-5-12-13(7-11)22-9-21-12/h2-7,10H,8-9H2,1H3,(H,17,18). The number of carbonyl (C=O) groups excluding carboxylic acids is 2. The average molecular weight is 333 g/mol. The van der Waals surface area contributed by atoms with Crippen LogP contribution in [0.3, 0.4) is 0 Å². The topological polar surface area (TPSA) is 73.9 Å². The molecule has 2 aromatic rings. The number of carbonyl (C=O) groups is 2. The summed E-state index contributed by atoms with van der Waals surface area (Å²) in [6, 6.07) is 8.49. The zero-order valence-electron chi connectivity index (χ0n) is 12.4. The Labute approximate surface area is 137 Å². The van der Waals surface area contributed by atoms with E-state index < -0.39 is 5.97 Å². The van der Waals surface area contributed by atoms with Gasteiger partial charge in [-0.3, -0.25) is 4.79 Å². The molecule has 0 radical (unpaired) electrons. The lowest BCUT2D eigenvalue weighted by atomic mass is 10.2. The Balaban J connectivity index is 1.51. The quantitative estimate of drug-likeness (QED) is 0.851. The molecule has 2 heterocycles. The minimum Gasteiger partial charge on any atom is -0.454 e. The van der Waals surface area contributed by atoms with Crippen molar-refractivity contribution in [3.63, 3.8) is 0 Å². The summed E-state index contributed by atoms with van der Waals surface area (Å²) in [5.74, 6) is 0.154. The van der Waals surface area contributed by atoms with Gasteiger partial charge in [0.15, 0.2) is 18.1 Å². The summed E-state index contributed by atoms with van der Waals surface area (Å²) in [7, 11) is 0. The third-order valence-electron chi connectivity index (χ3n) is 3.29. The van der Waals surface area contributed by atoms with Crippen LogP contribution in [0.25, 0.3) is 0 Å². The highest BCUT2D eigenvalue weighted by atomic mass is 32.1. The van der Waals surface area contributed by atoms with Crippen molar-refractivity contribution in [3.8, 4) is 11.5 Å². The van der Waals surface area contributed by atoms with Gasteiger partial charge in [-0.15, -0.1) is 11.3 Å². The molecule has 0 saturated heterocycles. The van der Waals surface area contributed by atoms with Crippen molar-refractivity contribution in [2.24, 2.45) is 0 Å². The second-order valence-corrected chi connectivity index (χ2v) is 5.93. The molecule has 0 aliphatic carbocycles. The van der Waals surface area contributed by atoms with Gasteiger partial charge in [0.2, 0.25) is 6.79 Å². The third-order valence-corrected chi connectivity index (χ3v) is 4.35. The van der Waals surface area contributed by atoms with Crippen LogP contribution in [0, 0.1) is 0 Å². The van der Waals surface area contributed by atoms with Gasteiger partial charge in [-0.1, -0.05) is 6.07 Å². The molecule has 3 rings (SSSR count). The molecule has 0 fully saturated rings. The van der Waals surface area contributed by atoms with Crippen LogP contribution < -0.4 is 14.8 Å². The molecule has 1 atom stereocenters. The number of fused-ring (bicyclic) bond motifs is 1. The summed E-state index contributed by atoms with van der Waals surface area (Å²) in [4.78, 5) is 24.9. The highest BCUT2D eigenvalue weighted by Crippen LogP contribution is 2.32. The zero-order valence-corrected chi connectivity index (χ0v) is 13.2. The molecule has 120 valence electrons. The number of rotatable bonds is 5. The second-order valence-electron chi connectivity index (χ2n) is 4.95. The molecule has 1 aromatic carbocycles. The number of amides is 1. The lowest BCUT2D eigenvalue weighted by molar-refractivity contribution is -0.124. The Morgan fingerprint density at radius 1 is 1.30 bits per heavy atom. The van der Waals surface area contributed by atoms with E-state index in [1.54, 1.807) is 23.5 Å². The van der Waals surface area contributed by atoms with Gasteiger partial charge in [0.25, 0.3) is 5.91 Å². The molecule has 1 amide bonds. The summed E-state index contributed by atoms with van der Waals surface area (Å²) in [5.41, 5.74) is 0.313. The predicted octanol–water partition coefficient (Wildman–Crippen LogP) is 2.51. The second kappa shape index (κ2) is 6.70. The number of hydrogen-bond donors (Lipinski definition) is 1. The number of hydrogen-bond acceptors (Lipinski definition) is 6. The SMILES string of the molecule is CC(NC(=O)COC(=O)c1ccc2c(c1)OCO2)c1cccs1. The lowest BCUT2D eigenvalue weighted by Gasteiger charge is -2.12. The maximum absolute atomic E-state index is 12.0. The number of nitrogens with one attached hydrogen (secondary N) is 1. The molecule has 0 bridgehead atoms. The van der Waals surface area contributed by atoms with Gasteiger partial charge in [-0.2, -0.15) is 0 Å². The summed E-state index contributed by atoms with van der Waals surface area (Å²) in [5, 5.41) is 4.72. The molecule has 0 saturated carbocycles. The van der Waals surface area contributed by atoms with Crippen molar-refractivity contribution in [3.05, 3.63) is 46.2 Å². The molecule has 7 heteroatoms. The molecular weight excluding hydrogens is 318 g/mol. The van der Waals surface area contributed by atoms with E-state index in [0.29, 0.717) is 17.1 Å². The molecule has 1 N–H and O–H groups in total. The van der Waals surface area contributed by atoms with Crippen molar-refractivity contribution in [1.82, 2.24) is 5.32 Å². The van der Waals surface area contributed by atoms with E-state index in [1.807, 2.05) is 24.4 Å². The van der Waals surface area contributed by atoms with Crippen molar-refractivity contribution < 1.29 is 23.8 Å². The molecule has 1 aliphatic heterocycles. The molecular formula is C16H15NO5S. The van der Waals surface area contributed by atoms with Gasteiger partial charge < -0.3 is 19.5 Å². The van der Waals surface area contributed by atoms with Crippen molar-refractivity contribution in [1.29, 1.82) is 0 Å². The highest BCUT2D eigenvalue weighted by Gasteiger charge is 2.18. The number of ether oxygens (including phenoxy) is 3. The van der Waals surface area contributed by atoms with Gasteiger partial charge >= 0.3 is 5.97 Å². The van der Waals surface area contributed by atoms with Crippen LogP contribution in [-0.4, -0.2) is 25.3 Å². The van der Waals surface area contributed by atoms with Crippen LogP contribution in [-0.2, 0) is 9.53 Å². The van der Waals surface area contributed by atoms with E-state index in [9.17, 15) is 9.59 Å². The number of benzene rings is 1. The van der Waals surface area contributed by atoms with Crippen LogP contribution in [0.15, 0.2) is 35.7 Å². The third kappa shape index (κ3) is 3.62. The first kappa shape index (κ1) is 15.4. The van der Waals surface area contributed by atoms with E-state index in [-0.39, 0.29) is 25.3 Å². The minimum absolute atomic E-state index is 0.119. The lowest BCUT2D eigenvalue weighted by Crippen LogP contribution is -2.30. The van der Waals surface area contributed by atoms with Crippen molar-refractivity contribution in [2.75, 3.05) is 13.4 Å². The Morgan fingerprint density at radius 2 is 2.13 bits per heavy atom. The Bertz CT molecular complexity index is 713. The smallest absolute Gasteiger partial charge is 0.338 e. The van der Waals surface area contributed by atoms with Gasteiger partial charge in [-0.05, 0) is 36.6 Å². The van der Waals surface area contributed by atoms with Crippen LogP contribution >= 0.6 is 11.3 Å². The minimum atomic E-state index is -0.581. The molecule has 1 unspecified atom stereocenters. The van der Waals surface area contributed by atoms with E-state index in [2.05, 4.69) is 5.32 Å². The first-order chi connectivity index (χ1) is 11.1. The number of thiophene rings is 1. The van der Waals surface area contributed by atoms with E-state index >= 15 is 0 Å². The molecule has 6 nitrogen and oxygen atoms in total. The molecule has 1 aromatic heterocycles. The fourth-order valence-corrected chi connectivity index (χ4v) is 2.86. The normalized spacial score (nSPS) is 13.4. The average Bonchev–Trinajstić information content (AvgIpc) is 3.22. The first-order valence-corrected chi connectivity index (χ1v) is 7.91. The first-order valence-electron chi connectivity index (χ1n) is 7.03. The van der Waals surface area contributed by atoms with E-state index in [4.69, 9.17) is 14.2 Å². The molecule has 1 aliphatic rings. The summed E-state index contributed by atoms with van der Waals surface area (Å²) < 4.78 is 15.4. The largest absolute Gasteiger partial charge is 0.454 e.